The highest BCUT2D eigenvalue weighted by Crippen LogP contribution is 2.31. The molecule has 2 unspecified atom stereocenters. The number of ether oxygens (including phenoxy) is 2. The van der Waals surface area contributed by atoms with Gasteiger partial charge in [0, 0.05) is 51.6 Å². The average molecular weight is 520 g/mol. The lowest BCUT2D eigenvalue weighted by molar-refractivity contribution is 0.0425. The molecule has 0 aliphatic carbocycles. The lowest BCUT2D eigenvalue weighted by Gasteiger charge is -2.30. The molecule has 0 bridgehead atoms. The number of amides is 2. The van der Waals surface area contributed by atoms with E-state index in [1.165, 1.54) is 6.20 Å². The van der Waals surface area contributed by atoms with Gasteiger partial charge in [-0.15, -0.1) is 0 Å². The van der Waals surface area contributed by atoms with E-state index in [0.29, 0.717) is 49.1 Å². The number of hydrogen-bond donors (Lipinski definition) is 1. The Morgan fingerprint density at radius 1 is 1.34 bits per heavy atom. The number of aldehydes is 1. The predicted octanol–water partition coefficient (Wildman–Crippen LogP) is 2.94. The molecule has 2 saturated heterocycles. The maximum Gasteiger partial charge on any atom is 0.328 e. The molecule has 5 rings (SSSR count). The van der Waals surface area contributed by atoms with Crippen molar-refractivity contribution in [3.63, 3.8) is 0 Å². The van der Waals surface area contributed by atoms with Crippen molar-refractivity contribution in [2.24, 2.45) is 0 Å². The third-order valence-electron chi connectivity index (χ3n) is 7.65. The minimum atomic E-state index is -0.377. The summed E-state index contributed by atoms with van der Waals surface area (Å²) in [5, 5.41) is 12.5. The van der Waals surface area contributed by atoms with Gasteiger partial charge in [-0.2, -0.15) is 5.26 Å². The number of carbonyl (C=O) groups is 2. The van der Waals surface area contributed by atoms with Gasteiger partial charge >= 0.3 is 6.03 Å². The molecule has 3 aliphatic rings. The molecule has 5 heterocycles. The van der Waals surface area contributed by atoms with E-state index in [-0.39, 0.29) is 24.4 Å². The van der Waals surface area contributed by atoms with E-state index in [1.54, 1.807) is 18.1 Å². The third kappa shape index (κ3) is 5.07. The molecule has 11 heteroatoms. The SMILES string of the molecule is CO[C@H]1CCN(c2cc(NC(=O)N3CCCc4cc(CN5C(C)COC5C)c(C=O)nc43)ncc2C#N)C1. The number of nitriles is 1. The number of aryl methyl sites for hydroxylation is 1. The van der Waals surface area contributed by atoms with Crippen molar-refractivity contribution < 1.29 is 19.1 Å². The molecule has 0 saturated carbocycles. The topological polar surface area (TPSA) is 124 Å². The number of carbonyl (C=O) groups excluding carboxylic acids is 2. The molecule has 1 N–H and O–H groups in total. The quantitative estimate of drug-likeness (QED) is 0.574. The molecule has 0 aromatic carbocycles. The highest BCUT2D eigenvalue weighted by Gasteiger charge is 2.31. The highest BCUT2D eigenvalue weighted by molar-refractivity contribution is 6.01. The molecule has 0 radical (unpaired) electrons. The minimum Gasteiger partial charge on any atom is -0.380 e. The lowest BCUT2D eigenvalue weighted by Crippen LogP contribution is -2.40. The normalized spacial score (nSPS) is 23.3. The van der Waals surface area contributed by atoms with E-state index in [4.69, 9.17) is 9.47 Å². The van der Waals surface area contributed by atoms with Gasteiger partial charge in [0.2, 0.25) is 0 Å². The van der Waals surface area contributed by atoms with Crippen LogP contribution in [0.3, 0.4) is 0 Å². The van der Waals surface area contributed by atoms with Crippen LogP contribution in [0, 0.1) is 11.3 Å². The number of rotatable bonds is 6. The zero-order chi connectivity index (χ0) is 26.8. The van der Waals surface area contributed by atoms with Crippen LogP contribution in [0.1, 0.15) is 53.9 Å². The van der Waals surface area contributed by atoms with Gasteiger partial charge in [-0.05, 0) is 50.3 Å². The van der Waals surface area contributed by atoms with E-state index in [1.807, 2.05) is 13.0 Å². The Hall–Kier alpha value is -3.59. The first-order valence-corrected chi connectivity index (χ1v) is 13.0. The molecule has 2 aromatic heterocycles. The van der Waals surface area contributed by atoms with Crippen molar-refractivity contribution in [2.45, 2.75) is 58.0 Å². The second-order valence-electron chi connectivity index (χ2n) is 10.1. The number of pyridine rings is 2. The van der Waals surface area contributed by atoms with Gasteiger partial charge in [-0.3, -0.25) is 19.9 Å². The van der Waals surface area contributed by atoms with Gasteiger partial charge in [0.25, 0.3) is 0 Å². The molecule has 2 amide bonds. The maximum atomic E-state index is 13.4. The van der Waals surface area contributed by atoms with Crippen LogP contribution >= 0.6 is 0 Å². The fourth-order valence-corrected chi connectivity index (χ4v) is 5.47. The summed E-state index contributed by atoms with van der Waals surface area (Å²) in [4.78, 5) is 40.2. The number of nitrogens with zero attached hydrogens (tertiary/aromatic N) is 6. The summed E-state index contributed by atoms with van der Waals surface area (Å²) in [6, 6.07) is 5.79. The van der Waals surface area contributed by atoms with Crippen molar-refractivity contribution >= 4 is 29.6 Å². The molecule has 38 heavy (non-hydrogen) atoms. The van der Waals surface area contributed by atoms with Gasteiger partial charge in [0.1, 0.15) is 29.6 Å². The summed E-state index contributed by atoms with van der Waals surface area (Å²) in [6.45, 7) is 7.22. The van der Waals surface area contributed by atoms with Gasteiger partial charge in [0.15, 0.2) is 6.29 Å². The first kappa shape index (κ1) is 26.0. The molecule has 200 valence electrons. The van der Waals surface area contributed by atoms with E-state index >= 15 is 0 Å². The Labute approximate surface area is 222 Å². The van der Waals surface area contributed by atoms with Crippen LogP contribution in [0.25, 0.3) is 0 Å². The van der Waals surface area contributed by atoms with E-state index in [0.717, 1.165) is 48.9 Å². The number of hydrogen-bond acceptors (Lipinski definition) is 9. The van der Waals surface area contributed by atoms with Crippen LogP contribution in [0.15, 0.2) is 18.3 Å². The fraction of sp³-hybridized carbons (Fsp3) is 0.519. The lowest BCUT2D eigenvalue weighted by atomic mass is 10.0. The third-order valence-corrected chi connectivity index (χ3v) is 7.65. The number of urea groups is 1. The fourth-order valence-electron chi connectivity index (χ4n) is 5.47. The largest absolute Gasteiger partial charge is 0.380 e. The number of aromatic nitrogens is 2. The molecular weight excluding hydrogens is 486 g/mol. The molecular formula is C27H33N7O4. The first-order chi connectivity index (χ1) is 18.4. The van der Waals surface area contributed by atoms with Crippen molar-refractivity contribution in [1.29, 1.82) is 5.26 Å². The van der Waals surface area contributed by atoms with Crippen molar-refractivity contribution in [3.8, 4) is 6.07 Å². The monoisotopic (exact) mass is 519 g/mol. The van der Waals surface area contributed by atoms with Crippen molar-refractivity contribution in [3.05, 3.63) is 40.7 Å². The van der Waals surface area contributed by atoms with Crippen LogP contribution in [0.2, 0.25) is 0 Å². The van der Waals surface area contributed by atoms with E-state index < -0.39 is 0 Å². The van der Waals surface area contributed by atoms with Crippen LogP contribution in [-0.4, -0.2) is 78.9 Å². The second-order valence-corrected chi connectivity index (χ2v) is 10.1. The Kier molecular flexibility index (Phi) is 7.56. The highest BCUT2D eigenvalue weighted by atomic mass is 16.5. The van der Waals surface area contributed by atoms with Crippen molar-refractivity contribution in [1.82, 2.24) is 14.9 Å². The Morgan fingerprint density at radius 2 is 2.18 bits per heavy atom. The van der Waals surface area contributed by atoms with E-state index in [9.17, 15) is 14.9 Å². The summed E-state index contributed by atoms with van der Waals surface area (Å²) in [5.41, 5.74) is 3.26. The molecule has 0 spiro atoms. The van der Waals surface area contributed by atoms with Gasteiger partial charge < -0.3 is 14.4 Å². The number of nitrogens with one attached hydrogen (secondary N) is 1. The van der Waals surface area contributed by atoms with E-state index in [2.05, 4.69) is 38.1 Å². The number of anilines is 3. The maximum absolute atomic E-state index is 13.4. The van der Waals surface area contributed by atoms with Crippen molar-refractivity contribution in [2.75, 3.05) is 48.5 Å². The minimum absolute atomic E-state index is 0.0337. The van der Waals surface area contributed by atoms with Crippen LogP contribution in [-0.2, 0) is 22.4 Å². The van der Waals surface area contributed by atoms with Crippen LogP contribution < -0.4 is 15.1 Å². The summed E-state index contributed by atoms with van der Waals surface area (Å²) >= 11 is 0. The number of methoxy groups -OCH3 is 1. The average Bonchev–Trinajstić information content (AvgIpc) is 3.54. The zero-order valence-corrected chi connectivity index (χ0v) is 22.0. The standard InChI is InChI=1S/C27H33N7O4/c1-17-16-38-18(2)34(17)13-20-9-19-5-4-7-33(26(19)30-23(20)15-35)27(36)31-25-10-24(21(11-28)12-29-25)32-8-6-22(14-32)37-3/h9-10,12,15,17-18,22H,4-8,13-14,16H2,1-3H3,(H,29,31,36)/t17?,18?,22-/m0/s1. The summed E-state index contributed by atoms with van der Waals surface area (Å²) in [5.74, 6) is 0.843. The summed E-state index contributed by atoms with van der Waals surface area (Å²) in [6.07, 6.45) is 4.72. The molecule has 3 atom stereocenters. The Balaban J connectivity index is 1.37. The smallest absolute Gasteiger partial charge is 0.328 e. The van der Waals surface area contributed by atoms with Gasteiger partial charge in [-0.25, -0.2) is 14.8 Å². The Morgan fingerprint density at radius 3 is 2.87 bits per heavy atom. The van der Waals surface area contributed by atoms with Crippen LogP contribution in [0.5, 0.6) is 0 Å². The van der Waals surface area contributed by atoms with Crippen LogP contribution in [0.4, 0.5) is 22.1 Å². The zero-order valence-electron chi connectivity index (χ0n) is 22.0. The van der Waals surface area contributed by atoms with Gasteiger partial charge in [-0.1, -0.05) is 0 Å². The summed E-state index contributed by atoms with van der Waals surface area (Å²) < 4.78 is 11.2. The first-order valence-electron chi connectivity index (χ1n) is 13.0. The molecule has 3 aliphatic heterocycles. The Bertz CT molecular complexity index is 1250. The predicted molar refractivity (Wildman–Crippen MR) is 141 cm³/mol. The second kappa shape index (κ2) is 11.0. The molecule has 2 aromatic rings. The van der Waals surface area contributed by atoms with Gasteiger partial charge in [0.05, 0.1) is 24.0 Å². The molecule has 2 fully saturated rings. The summed E-state index contributed by atoms with van der Waals surface area (Å²) in [7, 11) is 1.68. The molecule has 11 nitrogen and oxygen atoms in total. The number of fused-ring (bicyclic) bond motifs is 1.